The van der Waals surface area contributed by atoms with Gasteiger partial charge in [-0.05, 0) is 24.6 Å². The van der Waals surface area contributed by atoms with Crippen LogP contribution in [-0.4, -0.2) is 18.1 Å². The molecule has 7 heteroatoms. The van der Waals surface area contributed by atoms with Gasteiger partial charge >= 0.3 is 6.18 Å². The Bertz CT molecular complexity index is 444. The molecule has 1 amide bonds. The second kappa shape index (κ2) is 5.32. The number of benzene rings is 1. The fourth-order valence-corrected chi connectivity index (χ4v) is 1.32. The van der Waals surface area contributed by atoms with E-state index in [1.807, 2.05) is 0 Å². The standard InChI is InChI=1S/C11H10F5NO/c1-2-9(11(14,15)16)17-10(18)7-5-6(12)3-4-8(7)13/h3-5,9H,2H2,1H3,(H,17,18)/t9-/m0/s1. The van der Waals surface area contributed by atoms with Crippen molar-refractivity contribution >= 4 is 5.91 Å². The van der Waals surface area contributed by atoms with E-state index < -0.39 is 41.7 Å². The third-order valence-electron chi connectivity index (χ3n) is 2.28. The van der Waals surface area contributed by atoms with Crippen molar-refractivity contribution in [2.24, 2.45) is 0 Å². The summed E-state index contributed by atoms with van der Waals surface area (Å²) in [5.74, 6) is -3.27. The van der Waals surface area contributed by atoms with Crippen molar-refractivity contribution in [1.29, 1.82) is 0 Å². The van der Waals surface area contributed by atoms with Crippen molar-refractivity contribution in [3.63, 3.8) is 0 Å². The largest absolute Gasteiger partial charge is 0.408 e. The van der Waals surface area contributed by atoms with Crippen molar-refractivity contribution in [1.82, 2.24) is 5.32 Å². The molecule has 0 aliphatic rings. The summed E-state index contributed by atoms with van der Waals surface area (Å²) >= 11 is 0. The van der Waals surface area contributed by atoms with Gasteiger partial charge in [-0.15, -0.1) is 0 Å². The van der Waals surface area contributed by atoms with E-state index in [1.165, 1.54) is 6.92 Å². The average molecular weight is 267 g/mol. The van der Waals surface area contributed by atoms with Gasteiger partial charge in [0.2, 0.25) is 0 Å². The highest BCUT2D eigenvalue weighted by atomic mass is 19.4. The zero-order valence-corrected chi connectivity index (χ0v) is 9.31. The Labute approximate surface area is 99.8 Å². The predicted octanol–water partition coefficient (Wildman–Crippen LogP) is 3.04. The molecule has 0 saturated heterocycles. The summed E-state index contributed by atoms with van der Waals surface area (Å²) in [7, 11) is 0. The molecule has 1 N–H and O–H groups in total. The number of alkyl halides is 3. The fourth-order valence-electron chi connectivity index (χ4n) is 1.32. The van der Waals surface area contributed by atoms with Gasteiger partial charge in [0.05, 0.1) is 5.56 Å². The second-order valence-electron chi connectivity index (χ2n) is 3.60. The first kappa shape index (κ1) is 14.4. The SMILES string of the molecule is CC[C@H](NC(=O)c1cc(F)ccc1F)C(F)(F)F. The number of hydrogen-bond acceptors (Lipinski definition) is 1. The smallest absolute Gasteiger partial charge is 0.340 e. The number of nitrogens with one attached hydrogen (secondary N) is 1. The Morgan fingerprint density at radius 1 is 1.33 bits per heavy atom. The van der Waals surface area contributed by atoms with Crippen LogP contribution < -0.4 is 5.32 Å². The zero-order chi connectivity index (χ0) is 13.9. The maximum absolute atomic E-state index is 13.2. The highest BCUT2D eigenvalue weighted by Crippen LogP contribution is 2.22. The van der Waals surface area contributed by atoms with Gasteiger partial charge in [-0.3, -0.25) is 4.79 Å². The van der Waals surface area contributed by atoms with Crippen LogP contribution in [-0.2, 0) is 0 Å². The molecule has 1 rings (SSSR count). The fraction of sp³-hybridized carbons (Fsp3) is 0.364. The molecule has 1 aromatic carbocycles. The van der Waals surface area contributed by atoms with Gasteiger partial charge in [-0.2, -0.15) is 13.2 Å². The Kier molecular flexibility index (Phi) is 4.26. The minimum absolute atomic E-state index is 0.397. The molecule has 0 radical (unpaired) electrons. The normalized spacial score (nSPS) is 13.2. The van der Waals surface area contributed by atoms with E-state index in [0.29, 0.717) is 12.1 Å². The van der Waals surface area contributed by atoms with E-state index in [-0.39, 0.29) is 0 Å². The molecule has 2 nitrogen and oxygen atoms in total. The van der Waals surface area contributed by atoms with Crippen molar-refractivity contribution < 1.29 is 26.7 Å². The summed E-state index contributed by atoms with van der Waals surface area (Å²) in [6.07, 6.45) is -5.03. The molecule has 0 aliphatic carbocycles. The van der Waals surface area contributed by atoms with Crippen LogP contribution in [0.15, 0.2) is 18.2 Å². The average Bonchev–Trinajstić information content (AvgIpc) is 2.27. The maximum Gasteiger partial charge on any atom is 0.408 e. The molecule has 1 aromatic rings. The topological polar surface area (TPSA) is 29.1 Å². The first-order valence-corrected chi connectivity index (χ1v) is 5.08. The zero-order valence-electron chi connectivity index (χ0n) is 9.31. The quantitative estimate of drug-likeness (QED) is 0.838. The third-order valence-corrected chi connectivity index (χ3v) is 2.28. The van der Waals surface area contributed by atoms with Gasteiger partial charge < -0.3 is 5.32 Å². The highest BCUT2D eigenvalue weighted by molar-refractivity contribution is 5.94. The molecule has 0 saturated carbocycles. The summed E-state index contributed by atoms with van der Waals surface area (Å²) in [5, 5.41) is 1.62. The first-order valence-electron chi connectivity index (χ1n) is 5.08. The monoisotopic (exact) mass is 267 g/mol. The van der Waals surface area contributed by atoms with Crippen molar-refractivity contribution in [2.45, 2.75) is 25.6 Å². The van der Waals surface area contributed by atoms with Crippen LogP contribution >= 0.6 is 0 Å². The van der Waals surface area contributed by atoms with Crippen LogP contribution in [0, 0.1) is 11.6 Å². The van der Waals surface area contributed by atoms with Crippen LogP contribution in [0.3, 0.4) is 0 Å². The van der Waals surface area contributed by atoms with Gasteiger partial charge in [0, 0.05) is 0 Å². The Balaban J connectivity index is 2.91. The van der Waals surface area contributed by atoms with Crippen molar-refractivity contribution in [3.8, 4) is 0 Å². The van der Waals surface area contributed by atoms with Crippen molar-refractivity contribution in [2.75, 3.05) is 0 Å². The molecule has 0 aliphatic heterocycles. The lowest BCUT2D eigenvalue weighted by Gasteiger charge is -2.20. The van der Waals surface area contributed by atoms with Crippen LogP contribution in [0.5, 0.6) is 0 Å². The van der Waals surface area contributed by atoms with Crippen molar-refractivity contribution in [3.05, 3.63) is 35.4 Å². The number of carbonyl (C=O) groups is 1. The lowest BCUT2D eigenvalue weighted by Crippen LogP contribution is -2.45. The predicted molar refractivity (Wildman–Crippen MR) is 54.0 cm³/mol. The Morgan fingerprint density at radius 2 is 1.94 bits per heavy atom. The van der Waals surface area contributed by atoms with Crippen LogP contribution in [0.4, 0.5) is 22.0 Å². The second-order valence-corrected chi connectivity index (χ2v) is 3.60. The number of rotatable bonds is 3. The summed E-state index contributed by atoms with van der Waals surface area (Å²) in [6.45, 7) is 1.22. The third kappa shape index (κ3) is 3.41. The van der Waals surface area contributed by atoms with Gasteiger partial charge in [0.15, 0.2) is 0 Å². The molecule has 0 spiro atoms. The van der Waals surface area contributed by atoms with Gasteiger partial charge in [0.1, 0.15) is 17.7 Å². The minimum atomic E-state index is -4.63. The molecule has 0 fully saturated rings. The van der Waals surface area contributed by atoms with Gasteiger partial charge in [0.25, 0.3) is 5.91 Å². The maximum atomic E-state index is 13.2. The van der Waals surface area contributed by atoms with Gasteiger partial charge in [-0.1, -0.05) is 6.92 Å². The highest BCUT2D eigenvalue weighted by Gasteiger charge is 2.39. The van der Waals surface area contributed by atoms with E-state index in [1.54, 1.807) is 5.32 Å². The van der Waals surface area contributed by atoms with E-state index in [4.69, 9.17) is 0 Å². The first-order chi connectivity index (χ1) is 8.25. The summed E-state index contributed by atoms with van der Waals surface area (Å²) in [6, 6.07) is -0.0904. The summed E-state index contributed by atoms with van der Waals surface area (Å²) in [4.78, 5) is 11.4. The summed E-state index contributed by atoms with van der Waals surface area (Å²) < 4.78 is 63.1. The summed E-state index contributed by atoms with van der Waals surface area (Å²) in [5.41, 5.74) is -0.752. The molecule has 0 bridgehead atoms. The molecule has 100 valence electrons. The molecular weight excluding hydrogens is 257 g/mol. The van der Waals surface area contributed by atoms with E-state index in [2.05, 4.69) is 0 Å². The molecular formula is C11H10F5NO. The van der Waals surface area contributed by atoms with Crippen LogP contribution in [0.25, 0.3) is 0 Å². The number of amides is 1. The molecule has 0 heterocycles. The molecule has 0 unspecified atom stereocenters. The number of hydrogen-bond donors (Lipinski definition) is 1. The van der Waals surface area contributed by atoms with Crippen LogP contribution in [0.1, 0.15) is 23.7 Å². The lowest BCUT2D eigenvalue weighted by molar-refractivity contribution is -0.153. The number of halogens is 5. The Morgan fingerprint density at radius 3 is 2.44 bits per heavy atom. The molecule has 0 aromatic heterocycles. The minimum Gasteiger partial charge on any atom is -0.340 e. The van der Waals surface area contributed by atoms with E-state index in [0.717, 1.165) is 6.07 Å². The number of carbonyl (C=O) groups excluding carboxylic acids is 1. The molecule has 1 atom stereocenters. The molecule has 18 heavy (non-hydrogen) atoms. The van der Waals surface area contributed by atoms with Crippen LogP contribution in [0.2, 0.25) is 0 Å². The Hall–Kier alpha value is -1.66. The van der Waals surface area contributed by atoms with Gasteiger partial charge in [-0.25, -0.2) is 8.78 Å². The van der Waals surface area contributed by atoms with E-state index in [9.17, 15) is 26.7 Å². The van der Waals surface area contributed by atoms with E-state index >= 15 is 0 Å². The lowest BCUT2D eigenvalue weighted by atomic mass is 10.1.